The number of nitrogens with one attached hydrogen (secondary N) is 1. The van der Waals surface area contributed by atoms with Crippen molar-refractivity contribution in [3.05, 3.63) is 88.4 Å². The molecule has 1 aliphatic heterocycles. The summed E-state index contributed by atoms with van der Waals surface area (Å²) in [4.78, 5) is 26.2. The van der Waals surface area contributed by atoms with E-state index in [1.54, 1.807) is 24.3 Å². The molecule has 1 unspecified atom stereocenters. The smallest absolute Gasteiger partial charge is 0.268 e. The van der Waals surface area contributed by atoms with Crippen molar-refractivity contribution in [3.8, 4) is 0 Å². The van der Waals surface area contributed by atoms with E-state index in [9.17, 15) is 14.0 Å². The highest BCUT2D eigenvalue weighted by atomic mass is 32.1. The van der Waals surface area contributed by atoms with Gasteiger partial charge in [-0.15, -0.1) is 11.3 Å². The molecule has 0 radical (unpaired) electrons. The summed E-state index contributed by atoms with van der Waals surface area (Å²) in [7, 11) is 0. The molecule has 2 amide bonds. The van der Waals surface area contributed by atoms with E-state index >= 15 is 0 Å². The number of carbonyl (C=O) groups excluding carboxylic acids is 2. The third-order valence-electron chi connectivity index (χ3n) is 4.60. The predicted molar refractivity (Wildman–Crippen MR) is 111 cm³/mol. The van der Waals surface area contributed by atoms with Crippen LogP contribution in [0.3, 0.4) is 0 Å². The van der Waals surface area contributed by atoms with Crippen molar-refractivity contribution in [2.24, 2.45) is 5.10 Å². The average Bonchev–Trinajstić information content (AvgIpc) is 3.28. The highest BCUT2D eigenvalue weighted by Crippen LogP contribution is 2.27. The molecule has 7 heteroatoms. The molecule has 146 valence electrons. The van der Waals surface area contributed by atoms with Crippen LogP contribution in [-0.4, -0.2) is 17.5 Å². The Bertz CT molecular complexity index is 1030. The summed E-state index contributed by atoms with van der Waals surface area (Å²) in [6, 6.07) is 18.5. The zero-order valence-electron chi connectivity index (χ0n) is 15.4. The van der Waals surface area contributed by atoms with Crippen LogP contribution in [0.1, 0.15) is 29.3 Å². The van der Waals surface area contributed by atoms with Crippen LogP contribution in [-0.2, 0) is 9.59 Å². The molecule has 4 rings (SSSR count). The highest BCUT2D eigenvalue weighted by molar-refractivity contribution is 7.10. The highest BCUT2D eigenvalue weighted by Gasteiger charge is 2.27. The molecule has 5 nitrogen and oxygen atoms in total. The molecule has 2 aromatic carbocycles. The van der Waals surface area contributed by atoms with Gasteiger partial charge in [-0.1, -0.05) is 36.4 Å². The van der Waals surface area contributed by atoms with Crippen molar-refractivity contribution in [3.63, 3.8) is 0 Å². The SMILES string of the molecule is O=C(NC(c1ccc(F)cc1)c1cccs1)C1=NN(c2ccccc2)C(=O)CC1. The summed E-state index contributed by atoms with van der Waals surface area (Å²) >= 11 is 1.50. The fraction of sp³-hybridized carbons (Fsp3) is 0.136. The molecule has 1 N–H and O–H groups in total. The Hall–Kier alpha value is -3.32. The van der Waals surface area contributed by atoms with E-state index in [2.05, 4.69) is 10.4 Å². The Labute approximate surface area is 171 Å². The van der Waals surface area contributed by atoms with Crippen LogP contribution in [0.25, 0.3) is 0 Å². The molecule has 29 heavy (non-hydrogen) atoms. The Morgan fingerprint density at radius 3 is 2.48 bits per heavy atom. The standard InChI is InChI=1S/C22H18FN3O2S/c23-16-10-8-15(9-11-16)21(19-7-4-14-29-19)24-22(28)18-12-13-20(27)26(25-18)17-5-2-1-3-6-17/h1-11,14,21H,12-13H2,(H,24,28). The summed E-state index contributed by atoms with van der Waals surface area (Å²) in [6.07, 6.45) is 0.482. The van der Waals surface area contributed by atoms with Crippen LogP contribution in [0.4, 0.5) is 10.1 Å². The second-order valence-corrected chi connectivity index (χ2v) is 7.54. The van der Waals surface area contributed by atoms with Gasteiger partial charge in [-0.3, -0.25) is 9.59 Å². The Balaban J connectivity index is 1.60. The van der Waals surface area contributed by atoms with E-state index in [0.29, 0.717) is 5.69 Å². The zero-order chi connectivity index (χ0) is 20.2. The maximum Gasteiger partial charge on any atom is 0.268 e. The molecule has 0 saturated heterocycles. The van der Waals surface area contributed by atoms with Gasteiger partial charge < -0.3 is 5.32 Å². The fourth-order valence-electron chi connectivity index (χ4n) is 3.13. The molecule has 0 fully saturated rings. The summed E-state index contributed by atoms with van der Waals surface area (Å²) in [5, 5.41) is 10.5. The monoisotopic (exact) mass is 407 g/mol. The number of halogens is 1. The molecular weight excluding hydrogens is 389 g/mol. The van der Waals surface area contributed by atoms with Gasteiger partial charge in [-0.05, 0) is 41.3 Å². The largest absolute Gasteiger partial charge is 0.339 e. The van der Waals surface area contributed by atoms with Crippen molar-refractivity contribution >= 4 is 34.6 Å². The maximum atomic E-state index is 13.3. The molecular formula is C22H18FN3O2S. The number of anilines is 1. The number of amides is 2. The summed E-state index contributed by atoms with van der Waals surface area (Å²) in [5.41, 5.74) is 1.68. The van der Waals surface area contributed by atoms with E-state index in [1.807, 2.05) is 35.7 Å². The Kier molecular flexibility index (Phi) is 5.48. The lowest BCUT2D eigenvalue weighted by Gasteiger charge is -2.24. The van der Waals surface area contributed by atoms with Crippen molar-refractivity contribution < 1.29 is 14.0 Å². The number of para-hydroxylation sites is 1. The molecule has 1 aliphatic rings. The van der Waals surface area contributed by atoms with E-state index in [0.717, 1.165) is 10.4 Å². The van der Waals surface area contributed by atoms with Gasteiger partial charge in [-0.2, -0.15) is 5.10 Å². The van der Waals surface area contributed by atoms with E-state index in [-0.39, 0.29) is 36.2 Å². The lowest BCUT2D eigenvalue weighted by molar-refractivity contribution is -0.119. The third kappa shape index (κ3) is 4.25. The summed E-state index contributed by atoms with van der Waals surface area (Å²) in [6.45, 7) is 0. The number of hydrogen-bond acceptors (Lipinski definition) is 4. The second kappa shape index (κ2) is 8.36. The van der Waals surface area contributed by atoms with Crippen molar-refractivity contribution in [1.82, 2.24) is 5.32 Å². The topological polar surface area (TPSA) is 61.8 Å². The van der Waals surface area contributed by atoms with Crippen LogP contribution in [0.2, 0.25) is 0 Å². The second-order valence-electron chi connectivity index (χ2n) is 6.56. The van der Waals surface area contributed by atoms with Crippen LogP contribution < -0.4 is 10.3 Å². The van der Waals surface area contributed by atoms with Crippen LogP contribution in [0.15, 0.2) is 77.2 Å². The average molecular weight is 407 g/mol. The van der Waals surface area contributed by atoms with Gasteiger partial charge in [0.1, 0.15) is 11.5 Å². The van der Waals surface area contributed by atoms with Gasteiger partial charge in [0.2, 0.25) is 5.91 Å². The van der Waals surface area contributed by atoms with Gasteiger partial charge in [0.05, 0.1) is 11.7 Å². The van der Waals surface area contributed by atoms with Crippen LogP contribution in [0, 0.1) is 5.82 Å². The number of thiophene rings is 1. The van der Waals surface area contributed by atoms with Gasteiger partial charge in [-0.25, -0.2) is 9.40 Å². The molecule has 0 aliphatic carbocycles. The fourth-order valence-corrected chi connectivity index (χ4v) is 3.93. The maximum absolute atomic E-state index is 13.3. The number of rotatable bonds is 5. The number of hydrazone groups is 1. The number of nitrogens with zero attached hydrogens (tertiary/aromatic N) is 2. The molecule has 0 saturated carbocycles. The first-order valence-electron chi connectivity index (χ1n) is 9.17. The lowest BCUT2D eigenvalue weighted by atomic mass is 10.0. The Morgan fingerprint density at radius 1 is 1.03 bits per heavy atom. The molecule has 1 aromatic heterocycles. The summed E-state index contributed by atoms with van der Waals surface area (Å²) < 4.78 is 13.3. The first-order chi connectivity index (χ1) is 14.1. The number of hydrogen-bond donors (Lipinski definition) is 1. The van der Waals surface area contributed by atoms with Gasteiger partial charge in [0.15, 0.2) is 0 Å². The normalized spacial score (nSPS) is 15.0. The van der Waals surface area contributed by atoms with E-state index < -0.39 is 6.04 Å². The van der Waals surface area contributed by atoms with Crippen LogP contribution in [0.5, 0.6) is 0 Å². The molecule has 0 spiro atoms. The number of benzene rings is 2. The van der Waals surface area contributed by atoms with Crippen molar-refractivity contribution in [2.75, 3.05) is 5.01 Å². The minimum atomic E-state index is -0.423. The van der Waals surface area contributed by atoms with Crippen molar-refractivity contribution in [1.29, 1.82) is 0 Å². The van der Waals surface area contributed by atoms with Crippen molar-refractivity contribution in [2.45, 2.75) is 18.9 Å². The van der Waals surface area contributed by atoms with Crippen LogP contribution >= 0.6 is 11.3 Å². The Morgan fingerprint density at radius 2 is 1.79 bits per heavy atom. The minimum absolute atomic E-state index is 0.152. The van der Waals surface area contributed by atoms with E-state index in [4.69, 9.17) is 0 Å². The minimum Gasteiger partial charge on any atom is -0.339 e. The van der Waals surface area contributed by atoms with Gasteiger partial charge >= 0.3 is 0 Å². The molecule has 3 aromatic rings. The number of carbonyl (C=O) groups is 2. The first kappa shape index (κ1) is 19.0. The molecule has 1 atom stereocenters. The first-order valence-corrected chi connectivity index (χ1v) is 10.0. The van der Waals surface area contributed by atoms with Gasteiger partial charge in [0, 0.05) is 17.7 Å². The van der Waals surface area contributed by atoms with E-state index in [1.165, 1.54) is 28.5 Å². The quantitative estimate of drug-likeness (QED) is 0.686. The predicted octanol–water partition coefficient (Wildman–Crippen LogP) is 4.28. The third-order valence-corrected chi connectivity index (χ3v) is 5.54. The zero-order valence-corrected chi connectivity index (χ0v) is 16.2. The molecule has 2 heterocycles. The van der Waals surface area contributed by atoms with Gasteiger partial charge in [0.25, 0.3) is 5.91 Å². The summed E-state index contributed by atoms with van der Waals surface area (Å²) in [5.74, 6) is -0.832. The molecule has 0 bridgehead atoms. The lowest BCUT2D eigenvalue weighted by Crippen LogP contribution is -2.40.